The van der Waals surface area contributed by atoms with Crippen molar-refractivity contribution in [3.63, 3.8) is 0 Å². The minimum absolute atomic E-state index is 0.0848. The Bertz CT molecular complexity index is 883. The normalized spacial score (nSPS) is 11.2. The zero-order valence-electron chi connectivity index (χ0n) is 15.7. The highest BCUT2D eigenvalue weighted by Crippen LogP contribution is 2.25. The third-order valence-corrected chi connectivity index (χ3v) is 3.88. The van der Waals surface area contributed by atoms with Crippen LogP contribution in [0.25, 0.3) is 0 Å². The lowest BCUT2D eigenvalue weighted by atomic mass is 10.0. The second-order valence-corrected chi connectivity index (χ2v) is 6.09. The van der Waals surface area contributed by atoms with E-state index >= 15 is 0 Å². The smallest absolute Gasteiger partial charge is 0.344 e. The number of ketones is 1. The first-order valence-corrected chi connectivity index (χ1v) is 8.72. The molecule has 0 spiro atoms. The Morgan fingerprint density at radius 2 is 1.69 bits per heavy atom. The number of para-hydroxylation sites is 2. The first-order valence-electron chi connectivity index (χ1n) is 8.72. The average molecular weight is 400 g/mol. The molecule has 2 aromatic carbocycles. The molecule has 0 fully saturated rings. The molecule has 1 atom stereocenters. The molecule has 152 valence electrons. The van der Waals surface area contributed by atoms with Gasteiger partial charge in [-0.2, -0.15) is 0 Å². The van der Waals surface area contributed by atoms with Crippen LogP contribution in [0.3, 0.4) is 0 Å². The van der Waals surface area contributed by atoms with Crippen LogP contribution in [0.2, 0.25) is 0 Å². The van der Waals surface area contributed by atoms with Crippen LogP contribution in [0.1, 0.15) is 12.5 Å². The number of nitro benzene ring substituents is 1. The number of ether oxygens (including phenoxy) is 2. The molecule has 2 rings (SSSR count). The van der Waals surface area contributed by atoms with E-state index in [1.807, 2.05) is 30.3 Å². The summed E-state index contributed by atoms with van der Waals surface area (Å²) in [6, 6.07) is 14.0. The van der Waals surface area contributed by atoms with Gasteiger partial charge in [0.1, 0.15) is 0 Å². The Morgan fingerprint density at radius 3 is 2.34 bits per heavy atom. The number of hydrogen-bond donors (Lipinski definition) is 1. The third kappa shape index (κ3) is 7.06. The predicted molar refractivity (Wildman–Crippen MR) is 102 cm³/mol. The molecule has 0 bridgehead atoms. The number of carbonyl (C=O) groups excluding carboxylic acids is 3. The zero-order valence-corrected chi connectivity index (χ0v) is 15.7. The van der Waals surface area contributed by atoms with E-state index in [0.717, 1.165) is 5.56 Å². The largest absolute Gasteiger partial charge is 0.475 e. The Balaban J connectivity index is 1.81. The van der Waals surface area contributed by atoms with Crippen molar-refractivity contribution < 1.29 is 28.8 Å². The van der Waals surface area contributed by atoms with Crippen LogP contribution >= 0.6 is 0 Å². The summed E-state index contributed by atoms with van der Waals surface area (Å²) in [6.45, 7) is 0.163. The van der Waals surface area contributed by atoms with Gasteiger partial charge in [0, 0.05) is 6.07 Å². The fourth-order valence-electron chi connectivity index (χ4n) is 2.44. The second kappa shape index (κ2) is 10.5. The summed E-state index contributed by atoms with van der Waals surface area (Å²) >= 11 is 0. The molecule has 9 nitrogen and oxygen atoms in total. The molecule has 29 heavy (non-hydrogen) atoms. The minimum atomic E-state index is -0.874. The van der Waals surface area contributed by atoms with Crippen molar-refractivity contribution >= 4 is 23.3 Å². The molecule has 0 saturated heterocycles. The molecule has 0 aliphatic heterocycles. The number of nitrogens with zero attached hydrogens (tertiary/aromatic N) is 1. The molecule has 0 saturated carbocycles. The number of rotatable bonds is 10. The molecule has 0 aliphatic rings. The minimum Gasteiger partial charge on any atom is -0.475 e. The molecule has 1 amide bonds. The highest BCUT2D eigenvalue weighted by atomic mass is 16.6. The van der Waals surface area contributed by atoms with Crippen molar-refractivity contribution in [3.05, 3.63) is 70.3 Å². The molecule has 1 N–H and O–H groups in total. The molecule has 0 unspecified atom stereocenters. The van der Waals surface area contributed by atoms with Crippen molar-refractivity contribution in [3.8, 4) is 5.75 Å². The van der Waals surface area contributed by atoms with E-state index in [9.17, 15) is 24.5 Å². The maximum atomic E-state index is 12.0. The van der Waals surface area contributed by atoms with Gasteiger partial charge in [-0.05, 0) is 25.0 Å². The molecular formula is C20H20N2O7. The van der Waals surface area contributed by atoms with Gasteiger partial charge < -0.3 is 14.8 Å². The van der Waals surface area contributed by atoms with Gasteiger partial charge in [0.25, 0.3) is 5.91 Å². The number of carbonyl (C=O) groups is 3. The van der Waals surface area contributed by atoms with Gasteiger partial charge >= 0.3 is 11.7 Å². The topological polar surface area (TPSA) is 125 Å². The van der Waals surface area contributed by atoms with E-state index in [1.165, 1.54) is 31.2 Å². The maximum Gasteiger partial charge on any atom is 0.344 e. The van der Waals surface area contributed by atoms with Crippen molar-refractivity contribution in [2.45, 2.75) is 19.4 Å². The predicted octanol–water partition coefficient (Wildman–Crippen LogP) is 1.83. The summed E-state index contributed by atoms with van der Waals surface area (Å²) in [5.74, 6) is -1.83. The summed E-state index contributed by atoms with van der Waals surface area (Å²) in [7, 11) is 0. The van der Waals surface area contributed by atoms with Crippen LogP contribution in [0, 0.1) is 10.1 Å². The quantitative estimate of drug-likeness (QED) is 0.366. The van der Waals surface area contributed by atoms with E-state index in [0.29, 0.717) is 6.42 Å². The molecule has 0 heterocycles. The molecule has 0 aliphatic carbocycles. The van der Waals surface area contributed by atoms with Crippen LogP contribution in [-0.2, 0) is 25.5 Å². The number of benzene rings is 2. The van der Waals surface area contributed by atoms with Crippen LogP contribution in [-0.4, -0.2) is 41.8 Å². The first kappa shape index (κ1) is 21.5. The number of nitrogens with one attached hydrogen (secondary N) is 1. The average Bonchev–Trinajstić information content (AvgIpc) is 2.71. The second-order valence-electron chi connectivity index (χ2n) is 6.09. The number of nitro groups is 1. The highest BCUT2D eigenvalue weighted by molar-refractivity contribution is 5.88. The summed E-state index contributed by atoms with van der Waals surface area (Å²) < 4.78 is 9.89. The maximum absolute atomic E-state index is 12.0. The third-order valence-electron chi connectivity index (χ3n) is 3.88. The lowest BCUT2D eigenvalue weighted by Crippen LogP contribution is -2.43. The SMILES string of the molecule is CC(=O)[C@H](Cc1ccccc1)NC(=O)COC(=O)COc1ccccc1[N+](=O)[O-]. The van der Waals surface area contributed by atoms with Crippen molar-refractivity contribution in [2.75, 3.05) is 13.2 Å². The summed E-state index contributed by atoms with van der Waals surface area (Å²) in [5.41, 5.74) is 0.589. The molecule has 0 aromatic heterocycles. The van der Waals surface area contributed by atoms with E-state index < -0.39 is 36.1 Å². The molecule has 9 heteroatoms. The number of hydrogen-bond acceptors (Lipinski definition) is 7. The van der Waals surface area contributed by atoms with Gasteiger partial charge in [-0.15, -0.1) is 0 Å². The summed E-state index contributed by atoms with van der Waals surface area (Å²) in [5, 5.41) is 13.4. The van der Waals surface area contributed by atoms with Gasteiger partial charge in [0.05, 0.1) is 11.0 Å². The van der Waals surface area contributed by atoms with Crippen molar-refractivity contribution in [1.82, 2.24) is 5.32 Å². The summed E-state index contributed by atoms with van der Waals surface area (Å²) in [4.78, 5) is 45.8. The number of Topliss-reactive ketones (excluding diaryl/α,β-unsaturated/α-hetero) is 1. The van der Waals surface area contributed by atoms with Gasteiger partial charge in [-0.25, -0.2) is 4.79 Å². The monoisotopic (exact) mass is 400 g/mol. The Kier molecular flexibility index (Phi) is 7.84. The Morgan fingerprint density at radius 1 is 1.03 bits per heavy atom. The Hall–Kier alpha value is -3.75. The molecular weight excluding hydrogens is 380 g/mol. The van der Waals surface area contributed by atoms with E-state index in [-0.39, 0.29) is 17.2 Å². The van der Waals surface area contributed by atoms with E-state index in [4.69, 9.17) is 9.47 Å². The fourth-order valence-corrected chi connectivity index (χ4v) is 2.44. The summed E-state index contributed by atoms with van der Waals surface area (Å²) in [6.07, 6.45) is 0.316. The van der Waals surface area contributed by atoms with E-state index in [2.05, 4.69) is 5.32 Å². The highest BCUT2D eigenvalue weighted by Gasteiger charge is 2.19. The van der Waals surface area contributed by atoms with Crippen LogP contribution < -0.4 is 10.1 Å². The lowest BCUT2D eigenvalue weighted by molar-refractivity contribution is -0.385. The standard InChI is InChI=1S/C20H20N2O7/c1-14(23)16(11-15-7-3-2-4-8-15)21-19(24)12-29-20(25)13-28-18-10-6-5-9-17(18)22(26)27/h2-10,16H,11-13H2,1H3,(H,21,24)/t16-/m0/s1. The van der Waals surface area contributed by atoms with Crippen molar-refractivity contribution in [2.24, 2.45) is 0 Å². The van der Waals surface area contributed by atoms with Crippen LogP contribution in [0.5, 0.6) is 5.75 Å². The van der Waals surface area contributed by atoms with Crippen LogP contribution in [0.15, 0.2) is 54.6 Å². The first-order chi connectivity index (χ1) is 13.9. The Labute approximate surface area is 166 Å². The van der Waals surface area contributed by atoms with Gasteiger partial charge in [-0.3, -0.25) is 19.7 Å². The molecule has 2 aromatic rings. The fraction of sp³-hybridized carbons (Fsp3) is 0.250. The van der Waals surface area contributed by atoms with Crippen molar-refractivity contribution in [1.29, 1.82) is 0 Å². The number of esters is 1. The van der Waals surface area contributed by atoms with Gasteiger partial charge in [0.15, 0.2) is 24.7 Å². The lowest BCUT2D eigenvalue weighted by Gasteiger charge is -2.16. The van der Waals surface area contributed by atoms with E-state index in [1.54, 1.807) is 0 Å². The van der Waals surface area contributed by atoms with Gasteiger partial charge in [-0.1, -0.05) is 42.5 Å². The number of amides is 1. The van der Waals surface area contributed by atoms with Crippen LogP contribution in [0.4, 0.5) is 5.69 Å². The molecule has 0 radical (unpaired) electrons. The van der Waals surface area contributed by atoms with Gasteiger partial charge in [0.2, 0.25) is 0 Å². The zero-order chi connectivity index (χ0) is 21.2.